The predicted molar refractivity (Wildman–Crippen MR) is 132 cm³/mol. The van der Waals surface area contributed by atoms with Gasteiger partial charge >= 0.3 is 5.97 Å². The molecular weight excluding hydrogens is 440 g/mol. The summed E-state index contributed by atoms with van der Waals surface area (Å²) >= 11 is 0. The Hall–Kier alpha value is -2.50. The molecule has 188 valence electrons. The molecular formula is C29H38N2O4. The molecule has 5 rings (SSSR count). The van der Waals surface area contributed by atoms with Crippen LogP contribution in [0.5, 0.6) is 0 Å². The first kappa shape index (κ1) is 24.2. The number of nitrogens with zero attached hydrogens (tertiary/aromatic N) is 1. The van der Waals surface area contributed by atoms with E-state index in [1.165, 1.54) is 5.57 Å². The quantitative estimate of drug-likeness (QED) is 0.587. The second-order valence-corrected chi connectivity index (χ2v) is 11.7. The number of nitrogens with one attached hydrogen (secondary N) is 1. The average Bonchev–Trinajstić information content (AvgIpc) is 3.18. The molecule has 35 heavy (non-hydrogen) atoms. The van der Waals surface area contributed by atoms with Crippen molar-refractivity contribution in [1.29, 1.82) is 0 Å². The van der Waals surface area contributed by atoms with Gasteiger partial charge in [-0.2, -0.15) is 0 Å². The van der Waals surface area contributed by atoms with Gasteiger partial charge in [-0.05, 0) is 86.3 Å². The van der Waals surface area contributed by atoms with E-state index in [2.05, 4.69) is 24.1 Å². The maximum Gasteiger partial charge on any atom is 0.306 e. The number of fused-ring (bicyclic) bond motifs is 5. The van der Waals surface area contributed by atoms with Crippen LogP contribution in [0, 0.1) is 28.6 Å². The molecule has 0 radical (unpaired) electrons. The van der Waals surface area contributed by atoms with E-state index in [9.17, 15) is 14.4 Å². The smallest absolute Gasteiger partial charge is 0.306 e. The average molecular weight is 479 g/mol. The molecule has 3 fully saturated rings. The van der Waals surface area contributed by atoms with Crippen LogP contribution in [0.15, 0.2) is 36.0 Å². The molecule has 1 aromatic heterocycles. The fourth-order valence-electron chi connectivity index (χ4n) is 7.92. The number of ketones is 1. The zero-order valence-corrected chi connectivity index (χ0v) is 21.1. The van der Waals surface area contributed by atoms with Crippen LogP contribution in [0.3, 0.4) is 0 Å². The summed E-state index contributed by atoms with van der Waals surface area (Å²) < 4.78 is 6.04. The van der Waals surface area contributed by atoms with Crippen LogP contribution in [0.4, 0.5) is 0 Å². The van der Waals surface area contributed by atoms with Gasteiger partial charge in [0.05, 0.1) is 18.7 Å². The van der Waals surface area contributed by atoms with Gasteiger partial charge in [0.25, 0.3) is 0 Å². The molecule has 0 unspecified atom stereocenters. The van der Waals surface area contributed by atoms with Crippen molar-refractivity contribution in [3.05, 3.63) is 41.7 Å². The van der Waals surface area contributed by atoms with Crippen LogP contribution >= 0.6 is 0 Å². The lowest BCUT2D eigenvalue weighted by atomic mass is 9.47. The van der Waals surface area contributed by atoms with Gasteiger partial charge in [-0.15, -0.1) is 0 Å². The number of rotatable bonds is 6. The standard InChI is InChI=1S/C29H38N2O4/c1-28-14-12-21(32)17-19(28)6-7-22-23-8-9-25(29(23,2)15-13-24(22)28)35-27(34)11-10-26(33)31-18-20-5-3-4-16-30-20/h3-5,16-17,22-25H,6-15,18H2,1-2H3,(H,31,33)/t22-,23-,24-,25+,28-,29-/m0/s1. The van der Waals surface area contributed by atoms with Gasteiger partial charge in [0.1, 0.15) is 6.10 Å². The Morgan fingerprint density at radius 2 is 1.91 bits per heavy atom. The van der Waals surface area contributed by atoms with Gasteiger partial charge in [0, 0.05) is 24.5 Å². The molecule has 0 spiro atoms. The number of carbonyl (C=O) groups excluding carboxylic acids is 3. The second kappa shape index (κ2) is 9.51. The zero-order chi connectivity index (χ0) is 24.6. The maximum absolute atomic E-state index is 12.7. The Kier molecular flexibility index (Phi) is 6.58. The highest BCUT2D eigenvalue weighted by Crippen LogP contribution is 2.65. The summed E-state index contributed by atoms with van der Waals surface area (Å²) in [5, 5.41) is 2.83. The van der Waals surface area contributed by atoms with Crippen LogP contribution in [0.2, 0.25) is 0 Å². The summed E-state index contributed by atoms with van der Waals surface area (Å²) in [7, 11) is 0. The van der Waals surface area contributed by atoms with Crippen molar-refractivity contribution in [2.75, 3.05) is 0 Å². The lowest BCUT2D eigenvalue weighted by Gasteiger charge is -2.57. The highest BCUT2D eigenvalue weighted by atomic mass is 16.5. The number of allylic oxidation sites excluding steroid dienone is 1. The Morgan fingerprint density at radius 3 is 2.71 bits per heavy atom. The normalized spacial score (nSPS) is 35.8. The first-order valence-electron chi connectivity index (χ1n) is 13.4. The SMILES string of the molecule is C[C@]12CC[C@H]3[C@@H](CCC4=CC(=O)CC[C@@]43C)[C@@H]1CC[C@H]2OC(=O)CCC(=O)NCc1ccccn1. The van der Waals surface area contributed by atoms with E-state index < -0.39 is 0 Å². The van der Waals surface area contributed by atoms with Gasteiger partial charge in [0.2, 0.25) is 5.91 Å². The van der Waals surface area contributed by atoms with E-state index in [0.717, 1.165) is 50.6 Å². The zero-order valence-electron chi connectivity index (χ0n) is 21.1. The molecule has 1 N–H and O–H groups in total. The van der Waals surface area contributed by atoms with Crippen LogP contribution in [-0.2, 0) is 25.7 Å². The minimum atomic E-state index is -0.265. The molecule has 0 bridgehead atoms. The summed E-state index contributed by atoms with van der Waals surface area (Å²) in [5.74, 6) is 1.72. The van der Waals surface area contributed by atoms with E-state index >= 15 is 0 Å². The molecule has 6 nitrogen and oxygen atoms in total. The number of aromatic nitrogens is 1. The molecule has 3 saturated carbocycles. The molecule has 1 heterocycles. The van der Waals surface area contributed by atoms with E-state index in [1.54, 1.807) is 6.20 Å². The Bertz CT molecular complexity index is 1020. The van der Waals surface area contributed by atoms with Crippen molar-refractivity contribution in [3.8, 4) is 0 Å². The Morgan fingerprint density at radius 1 is 1.06 bits per heavy atom. The molecule has 0 aliphatic heterocycles. The van der Waals surface area contributed by atoms with Crippen molar-refractivity contribution in [1.82, 2.24) is 10.3 Å². The lowest BCUT2D eigenvalue weighted by Crippen LogP contribution is -2.51. The second-order valence-electron chi connectivity index (χ2n) is 11.7. The molecule has 0 aromatic carbocycles. The molecule has 1 amide bonds. The third kappa shape index (κ3) is 4.56. The lowest BCUT2D eigenvalue weighted by molar-refractivity contribution is -0.160. The van der Waals surface area contributed by atoms with Crippen LogP contribution in [0.1, 0.15) is 83.7 Å². The number of hydrogen-bond donors (Lipinski definition) is 1. The Balaban J connectivity index is 1.16. The van der Waals surface area contributed by atoms with E-state index in [-0.39, 0.29) is 41.7 Å². The van der Waals surface area contributed by atoms with Crippen LogP contribution < -0.4 is 5.32 Å². The largest absolute Gasteiger partial charge is 0.462 e. The number of ether oxygens (including phenoxy) is 1. The number of hydrogen-bond acceptors (Lipinski definition) is 5. The van der Waals surface area contributed by atoms with Gasteiger partial charge in [-0.25, -0.2) is 0 Å². The number of esters is 1. The van der Waals surface area contributed by atoms with Gasteiger partial charge in [0.15, 0.2) is 5.78 Å². The third-order valence-corrected chi connectivity index (χ3v) is 9.90. The van der Waals surface area contributed by atoms with E-state index in [4.69, 9.17) is 4.74 Å². The minimum absolute atomic E-state index is 0.0140. The number of pyridine rings is 1. The highest BCUT2D eigenvalue weighted by molar-refractivity contribution is 5.91. The molecule has 6 atom stereocenters. The molecule has 4 aliphatic rings. The predicted octanol–water partition coefficient (Wildman–Crippen LogP) is 4.92. The molecule has 6 heteroatoms. The topological polar surface area (TPSA) is 85.4 Å². The minimum Gasteiger partial charge on any atom is -0.462 e. The first-order valence-corrected chi connectivity index (χ1v) is 13.4. The van der Waals surface area contributed by atoms with Gasteiger partial charge in [-0.1, -0.05) is 25.5 Å². The molecule has 0 saturated heterocycles. The maximum atomic E-state index is 12.7. The third-order valence-electron chi connectivity index (χ3n) is 9.90. The highest BCUT2D eigenvalue weighted by Gasteiger charge is 2.59. The molecule has 4 aliphatic carbocycles. The summed E-state index contributed by atoms with van der Waals surface area (Å²) in [5.41, 5.74) is 2.36. The summed E-state index contributed by atoms with van der Waals surface area (Å²) in [4.78, 5) is 41.1. The van der Waals surface area contributed by atoms with Gasteiger partial charge < -0.3 is 10.1 Å². The van der Waals surface area contributed by atoms with E-state index in [0.29, 0.717) is 36.5 Å². The van der Waals surface area contributed by atoms with E-state index in [1.807, 2.05) is 24.3 Å². The van der Waals surface area contributed by atoms with Crippen molar-refractivity contribution < 1.29 is 19.1 Å². The van der Waals surface area contributed by atoms with Crippen LogP contribution in [0.25, 0.3) is 0 Å². The monoisotopic (exact) mass is 478 g/mol. The van der Waals surface area contributed by atoms with Crippen molar-refractivity contribution >= 4 is 17.7 Å². The summed E-state index contributed by atoms with van der Waals surface area (Å²) in [6.07, 6.45) is 11.9. The number of amides is 1. The van der Waals surface area contributed by atoms with Crippen LogP contribution in [-0.4, -0.2) is 28.7 Å². The summed E-state index contributed by atoms with van der Waals surface area (Å²) in [6.45, 7) is 5.09. The van der Waals surface area contributed by atoms with Crippen molar-refractivity contribution in [2.24, 2.45) is 28.6 Å². The van der Waals surface area contributed by atoms with Crippen molar-refractivity contribution in [3.63, 3.8) is 0 Å². The fourth-order valence-corrected chi connectivity index (χ4v) is 7.92. The summed E-state index contributed by atoms with van der Waals surface area (Å²) in [6, 6.07) is 5.58. The Labute approximate surface area is 208 Å². The van der Waals surface area contributed by atoms with Crippen molar-refractivity contribution in [2.45, 2.75) is 90.7 Å². The first-order chi connectivity index (χ1) is 16.8. The number of carbonyl (C=O) groups is 3. The van der Waals surface area contributed by atoms with Gasteiger partial charge in [-0.3, -0.25) is 19.4 Å². The molecule has 1 aromatic rings. The fraction of sp³-hybridized carbons (Fsp3) is 0.655.